The molecule has 8 nitrogen and oxygen atoms in total. The Kier molecular flexibility index (Phi) is 6.46. The zero-order valence-electron chi connectivity index (χ0n) is 20.8. The van der Waals surface area contributed by atoms with Gasteiger partial charge in [-0.05, 0) is 69.2 Å². The van der Waals surface area contributed by atoms with Crippen molar-refractivity contribution in [2.45, 2.75) is 77.7 Å². The number of oxime groups is 2. The van der Waals surface area contributed by atoms with Crippen LogP contribution >= 0.6 is 0 Å². The number of nitrogens with zero attached hydrogens (tertiary/aromatic N) is 2. The first-order valence-electron chi connectivity index (χ1n) is 13.1. The van der Waals surface area contributed by atoms with Gasteiger partial charge in [0.2, 0.25) is 0 Å². The van der Waals surface area contributed by atoms with Crippen LogP contribution in [-0.2, 0) is 24.0 Å². The largest absolute Gasteiger partial charge is 0.465 e. The van der Waals surface area contributed by atoms with E-state index in [0.29, 0.717) is 36.6 Å². The molecule has 0 aromatic heterocycles. The van der Waals surface area contributed by atoms with Crippen molar-refractivity contribution in [2.24, 2.45) is 44.8 Å². The van der Waals surface area contributed by atoms with E-state index in [2.05, 4.69) is 22.6 Å². The van der Waals surface area contributed by atoms with Crippen molar-refractivity contribution in [3.8, 4) is 0 Å². The highest BCUT2D eigenvalue weighted by Crippen LogP contribution is 2.65. The third kappa shape index (κ3) is 3.95. The van der Waals surface area contributed by atoms with Gasteiger partial charge in [-0.3, -0.25) is 9.59 Å². The van der Waals surface area contributed by atoms with Crippen LogP contribution in [0.15, 0.2) is 10.3 Å². The second kappa shape index (κ2) is 9.25. The minimum Gasteiger partial charge on any atom is -0.465 e. The Morgan fingerprint density at radius 3 is 2.71 bits per heavy atom. The molecule has 0 spiro atoms. The molecule has 0 bridgehead atoms. The maximum Gasteiger partial charge on any atom is 0.302 e. The van der Waals surface area contributed by atoms with Crippen LogP contribution in [0.3, 0.4) is 0 Å². The Balaban J connectivity index is 1.47. The normalized spacial score (nSPS) is 43.9. The standard InChI is InChI=1S/C26H39N3O5/c1-16(30)33-15-26-10-6-17(28-34-18-8-11-27-14-18)12-22(26)23(29-32-3)13-19-20-4-5-24(31)25(20,2)9-7-21(19)26/h18-22,27H,4-15H2,1-3H3. The van der Waals surface area contributed by atoms with Crippen molar-refractivity contribution in [2.75, 3.05) is 26.8 Å². The number of fused-ring (bicyclic) bond motifs is 5. The minimum atomic E-state index is -0.242. The first-order valence-corrected chi connectivity index (χ1v) is 13.1. The van der Waals surface area contributed by atoms with Gasteiger partial charge in [0.15, 0.2) is 0 Å². The van der Waals surface area contributed by atoms with E-state index in [1.54, 1.807) is 7.11 Å². The van der Waals surface area contributed by atoms with E-state index in [0.717, 1.165) is 75.9 Å². The van der Waals surface area contributed by atoms with E-state index in [1.807, 2.05) is 0 Å². The quantitative estimate of drug-likeness (QED) is 0.485. The third-order valence-electron chi connectivity index (χ3n) is 9.84. The maximum atomic E-state index is 12.9. The Morgan fingerprint density at radius 1 is 1.12 bits per heavy atom. The van der Waals surface area contributed by atoms with Crippen LogP contribution < -0.4 is 5.32 Å². The summed E-state index contributed by atoms with van der Waals surface area (Å²) in [4.78, 5) is 36.0. The molecule has 7 unspecified atom stereocenters. The lowest BCUT2D eigenvalue weighted by atomic mass is 9.44. The van der Waals surface area contributed by atoms with Gasteiger partial charge in [-0.25, -0.2) is 0 Å². The average Bonchev–Trinajstić information content (AvgIpc) is 3.45. The summed E-state index contributed by atoms with van der Waals surface area (Å²) >= 11 is 0. The lowest BCUT2D eigenvalue weighted by Gasteiger charge is -2.60. The number of rotatable bonds is 5. The van der Waals surface area contributed by atoms with Gasteiger partial charge >= 0.3 is 5.97 Å². The SMILES string of the molecule is CON=C1CC2C3CCC(=O)C3(C)CCC2C2(COC(C)=O)CCC(=NOC3CCNC3)CC12. The number of hydrogen-bond acceptors (Lipinski definition) is 8. The molecule has 1 N–H and O–H groups in total. The number of ketones is 1. The second-order valence-corrected chi connectivity index (χ2v) is 11.4. The van der Waals surface area contributed by atoms with Crippen LogP contribution in [0.2, 0.25) is 0 Å². The highest BCUT2D eigenvalue weighted by molar-refractivity contribution is 5.96. The first-order chi connectivity index (χ1) is 16.4. The molecule has 34 heavy (non-hydrogen) atoms. The summed E-state index contributed by atoms with van der Waals surface area (Å²) in [5, 5.41) is 12.4. The fourth-order valence-corrected chi connectivity index (χ4v) is 8.11. The predicted molar refractivity (Wildman–Crippen MR) is 127 cm³/mol. The Labute approximate surface area is 202 Å². The lowest BCUT2D eigenvalue weighted by Crippen LogP contribution is -2.59. The molecule has 0 radical (unpaired) electrons. The Hall–Kier alpha value is -1.96. The number of carbonyl (C=O) groups excluding carboxylic acids is 2. The van der Waals surface area contributed by atoms with E-state index in [1.165, 1.54) is 6.92 Å². The van der Waals surface area contributed by atoms with Crippen molar-refractivity contribution >= 4 is 23.2 Å². The molecule has 0 amide bonds. The van der Waals surface area contributed by atoms with Crippen LogP contribution in [0, 0.1) is 34.5 Å². The van der Waals surface area contributed by atoms with Gasteiger partial charge in [0.1, 0.15) is 19.0 Å². The molecule has 1 saturated heterocycles. The number of hydrogen-bond donors (Lipinski definition) is 1. The summed E-state index contributed by atoms with van der Waals surface area (Å²) < 4.78 is 5.77. The second-order valence-electron chi connectivity index (χ2n) is 11.4. The van der Waals surface area contributed by atoms with Crippen molar-refractivity contribution in [3.05, 3.63) is 0 Å². The monoisotopic (exact) mass is 473 g/mol. The lowest BCUT2D eigenvalue weighted by molar-refractivity contribution is -0.155. The first kappa shape index (κ1) is 23.8. The van der Waals surface area contributed by atoms with E-state index in [-0.39, 0.29) is 28.8 Å². The summed E-state index contributed by atoms with van der Waals surface area (Å²) in [6.07, 6.45) is 8.02. The summed E-state index contributed by atoms with van der Waals surface area (Å²) in [7, 11) is 1.60. The number of esters is 1. The van der Waals surface area contributed by atoms with Crippen molar-refractivity contribution in [3.63, 3.8) is 0 Å². The van der Waals surface area contributed by atoms with E-state index in [9.17, 15) is 9.59 Å². The minimum absolute atomic E-state index is 0.104. The number of nitrogens with one attached hydrogen (secondary N) is 1. The van der Waals surface area contributed by atoms with Crippen LogP contribution in [0.5, 0.6) is 0 Å². The van der Waals surface area contributed by atoms with Gasteiger partial charge in [-0.15, -0.1) is 0 Å². The van der Waals surface area contributed by atoms with Crippen molar-refractivity contribution in [1.82, 2.24) is 5.32 Å². The molecule has 5 fully saturated rings. The highest BCUT2D eigenvalue weighted by Gasteiger charge is 2.63. The number of carbonyl (C=O) groups is 2. The topological polar surface area (TPSA) is 98.6 Å². The fourth-order valence-electron chi connectivity index (χ4n) is 8.11. The molecule has 0 aromatic carbocycles. The molecular formula is C26H39N3O5. The number of ether oxygens (including phenoxy) is 1. The molecule has 8 heteroatoms. The molecular weight excluding hydrogens is 434 g/mol. The third-order valence-corrected chi connectivity index (χ3v) is 9.84. The summed E-state index contributed by atoms with van der Waals surface area (Å²) in [6, 6.07) is 0. The van der Waals surface area contributed by atoms with E-state index < -0.39 is 0 Å². The highest BCUT2D eigenvalue weighted by atomic mass is 16.6. The Morgan fingerprint density at radius 2 is 1.97 bits per heavy atom. The molecule has 4 saturated carbocycles. The van der Waals surface area contributed by atoms with Crippen molar-refractivity contribution in [1.29, 1.82) is 0 Å². The van der Waals surface area contributed by atoms with Gasteiger partial charge in [-0.2, -0.15) is 0 Å². The van der Waals surface area contributed by atoms with Gasteiger partial charge in [0, 0.05) is 43.1 Å². The summed E-state index contributed by atoms with van der Waals surface area (Å²) in [5.41, 5.74) is 1.68. The zero-order chi connectivity index (χ0) is 23.9. The van der Waals surface area contributed by atoms with Gasteiger partial charge in [-0.1, -0.05) is 17.2 Å². The summed E-state index contributed by atoms with van der Waals surface area (Å²) in [5.74, 6) is 1.42. The smallest absolute Gasteiger partial charge is 0.302 e. The molecule has 5 aliphatic rings. The molecule has 0 aromatic rings. The number of Topliss-reactive ketones (excluding diaryl/α,β-unsaturated/α-hetero) is 1. The molecule has 4 aliphatic carbocycles. The average molecular weight is 474 g/mol. The fraction of sp³-hybridized carbons (Fsp3) is 0.846. The van der Waals surface area contributed by atoms with Crippen molar-refractivity contribution < 1.29 is 24.0 Å². The van der Waals surface area contributed by atoms with Gasteiger partial charge in [0.05, 0.1) is 18.0 Å². The van der Waals surface area contributed by atoms with Gasteiger partial charge < -0.3 is 19.7 Å². The molecule has 7 atom stereocenters. The molecule has 1 aliphatic heterocycles. The summed E-state index contributed by atoms with van der Waals surface area (Å²) in [6.45, 7) is 5.88. The van der Waals surface area contributed by atoms with E-state index >= 15 is 0 Å². The van der Waals surface area contributed by atoms with E-state index in [4.69, 9.17) is 14.4 Å². The van der Waals surface area contributed by atoms with Crippen LogP contribution in [0.1, 0.15) is 71.6 Å². The van der Waals surface area contributed by atoms with Gasteiger partial charge in [0.25, 0.3) is 0 Å². The molecule has 5 rings (SSSR count). The van der Waals surface area contributed by atoms with Crippen LogP contribution in [0.25, 0.3) is 0 Å². The van der Waals surface area contributed by atoms with Crippen LogP contribution in [0.4, 0.5) is 0 Å². The molecule has 188 valence electrons. The predicted octanol–water partition coefficient (Wildman–Crippen LogP) is 3.49. The Bertz CT molecular complexity index is 882. The zero-order valence-corrected chi connectivity index (χ0v) is 20.8. The molecule has 1 heterocycles. The maximum absolute atomic E-state index is 12.9. The van der Waals surface area contributed by atoms with Crippen LogP contribution in [-0.4, -0.2) is 56.1 Å².